The summed E-state index contributed by atoms with van der Waals surface area (Å²) in [5, 5.41) is 8.71. The molecule has 2 aromatic rings. The highest BCUT2D eigenvalue weighted by Gasteiger charge is 2.30. The molecule has 1 aromatic carbocycles. The zero-order valence-corrected chi connectivity index (χ0v) is 14.3. The molecule has 1 saturated heterocycles. The minimum Gasteiger partial charge on any atom is -0.477 e. The number of fused-ring (bicyclic) bond motifs is 1. The van der Waals surface area contributed by atoms with E-state index in [0.29, 0.717) is 32.6 Å². The van der Waals surface area contributed by atoms with Crippen LogP contribution in [0, 0.1) is 11.6 Å². The number of benzene rings is 1. The molecule has 2 fully saturated rings. The monoisotopic (exact) mass is 377 g/mol. The Morgan fingerprint density at radius 3 is 2.37 bits per heavy atom. The Kier molecular flexibility index (Phi) is 4.09. The first-order chi connectivity index (χ1) is 12.9. The Hall–Kier alpha value is -2.97. The highest BCUT2D eigenvalue weighted by atomic mass is 19.2. The SMILES string of the molecule is O=CN1CCN(c2cc3c(c(F)c2F)c(=O)c(C(=O)O)cn3C2CC2)CC1. The maximum absolute atomic E-state index is 14.9. The fraction of sp³-hybridized carbons (Fsp3) is 0.389. The molecule has 0 radical (unpaired) electrons. The van der Waals surface area contributed by atoms with Gasteiger partial charge in [-0.2, -0.15) is 0 Å². The lowest BCUT2D eigenvalue weighted by Crippen LogP contribution is -2.46. The molecule has 1 saturated carbocycles. The molecule has 27 heavy (non-hydrogen) atoms. The van der Waals surface area contributed by atoms with Gasteiger partial charge in [0.05, 0.1) is 16.6 Å². The third-order valence-electron chi connectivity index (χ3n) is 5.16. The highest BCUT2D eigenvalue weighted by molar-refractivity contribution is 5.94. The lowest BCUT2D eigenvalue weighted by Gasteiger charge is -2.34. The van der Waals surface area contributed by atoms with Gasteiger partial charge in [-0.3, -0.25) is 9.59 Å². The fourth-order valence-electron chi connectivity index (χ4n) is 3.53. The van der Waals surface area contributed by atoms with Crippen molar-refractivity contribution in [3.8, 4) is 0 Å². The Balaban J connectivity index is 1.91. The summed E-state index contributed by atoms with van der Waals surface area (Å²) >= 11 is 0. The predicted molar refractivity (Wildman–Crippen MR) is 93.2 cm³/mol. The Morgan fingerprint density at radius 2 is 1.81 bits per heavy atom. The molecule has 0 bridgehead atoms. The van der Waals surface area contributed by atoms with Gasteiger partial charge in [-0.1, -0.05) is 0 Å². The molecule has 1 aliphatic heterocycles. The van der Waals surface area contributed by atoms with Gasteiger partial charge in [0, 0.05) is 38.4 Å². The van der Waals surface area contributed by atoms with Crippen LogP contribution < -0.4 is 10.3 Å². The van der Waals surface area contributed by atoms with Crippen molar-refractivity contribution in [1.29, 1.82) is 0 Å². The van der Waals surface area contributed by atoms with Gasteiger partial charge in [0.2, 0.25) is 11.8 Å². The summed E-state index contributed by atoms with van der Waals surface area (Å²) in [5.74, 6) is -3.97. The van der Waals surface area contributed by atoms with Gasteiger partial charge in [-0.05, 0) is 18.9 Å². The van der Waals surface area contributed by atoms with Crippen LogP contribution in [0.3, 0.4) is 0 Å². The minimum atomic E-state index is -1.47. The lowest BCUT2D eigenvalue weighted by atomic mass is 10.1. The number of carboxylic acid groups (broad SMARTS) is 1. The molecule has 4 rings (SSSR count). The van der Waals surface area contributed by atoms with E-state index in [4.69, 9.17) is 0 Å². The van der Waals surface area contributed by atoms with Crippen molar-refractivity contribution < 1.29 is 23.5 Å². The summed E-state index contributed by atoms with van der Waals surface area (Å²) in [6.07, 6.45) is 3.50. The van der Waals surface area contributed by atoms with Crippen molar-refractivity contribution in [2.24, 2.45) is 0 Å². The molecular formula is C18H17F2N3O4. The number of amides is 1. The zero-order valence-electron chi connectivity index (χ0n) is 14.3. The van der Waals surface area contributed by atoms with Crippen molar-refractivity contribution in [2.45, 2.75) is 18.9 Å². The first-order valence-electron chi connectivity index (χ1n) is 8.66. The van der Waals surface area contributed by atoms with Crippen LogP contribution in [0.25, 0.3) is 10.9 Å². The second-order valence-electron chi connectivity index (χ2n) is 6.86. The first-order valence-corrected chi connectivity index (χ1v) is 8.66. The van der Waals surface area contributed by atoms with Gasteiger partial charge < -0.3 is 19.5 Å². The number of rotatable bonds is 4. The maximum Gasteiger partial charge on any atom is 0.341 e. The molecule has 1 N–H and O–H groups in total. The number of nitrogens with zero attached hydrogens (tertiary/aromatic N) is 3. The van der Waals surface area contributed by atoms with Gasteiger partial charge in [0.25, 0.3) is 0 Å². The van der Waals surface area contributed by atoms with E-state index in [1.165, 1.54) is 12.3 Å². The number of pyridine rings is 1. The normalized spacial score (nSPS) is 17.4. The van der Waals surface area contributed by atoms with Gasteiger partial charge in [0.15, 0.2) is 11.6 Å². The van der Waals surface area contributed by atoms with Crippen LogP contribution in [0.5, 0.6) is 0 Å². The van der Waals surface area contributed by atoms with E-state index in [0.717, 1.165) is 12.8 Å². The summed E-state index contributed by atoms with van der Waals surface area (Å²) in [5.41, 5.74) is -1.38. The molecular weight excluding hydrogens is 360 g/mol. The summed E-state index contributed by atoms with van der Waals surface area (Å²) in [6.45, 7) is 1.44. The molecule has 0 unspecified atom stereocenters. The van der Waals surface area contributed by atoms with Crippen LogP contribution in [0.2, 0.25) is 0 Å². The average Bonchev–Trinajstić information content (AvgIpc) is 3.49. The summed E-state index contributed by atoms with van der Waals surface area (Å²) in [4.78, 5) is 37.8. The maximum atomic E-state index is 14.9. The number of anilines is 1. The third kappa shape index (κ3) is 2.83. The van der Waals surface area contributed by atoms with E-state index in [-0.39, 0.29) is 17.2 Å². The molecule has 0 atom stereocenters. The molecule has 2 heterocycles. The summed E-state index contributed by atoms with van der Waals surface area (Å²) in [7, 11) is 0. The van der Waals surface area contributed by atoms with Crippen LogP contribution in [0.15, 0.2) is 17.1 Å². The molecule has 1 aromatic heterocycles. The van der Waals surface area contributed by atoms with Crippen LogP contribution in [-0.4, -0.2) is 53.1 Å². The van der Waals surface area contributed by atoms with Gasteiger partial charge in [-0.15, -0.1) is 0 Å². The first kappa shape index (κ1) is 17.4. The lowest BCUT2D eigenvalue weighted by molar-refractivity contribution is -0.118. The van der Waals surface area contributed by atoms with E-state index >= 15 is 0 Å². The zero-order chi connectivity index (χ0) is 19.3. The van der Waals surface area contributed by atoms with E-state index in [2.05, 4.69) is 0 Å². The molecule has 9 heteroatoms. The number of carboxylic acids is 1. The van der Waals surface area contributed by atoms with Gasteiger partial charge >= 0.3 is 5.97 Å². The Labute approximate surface area is 152 Å². The smallest absolute Gasteiger partial charge is 0.341 e. The number of piperazine rings is 1. The Bertz CT molecular complexity index is 1010. The van der Waals surface area contributed by atoms with E-state index in [1.807, 2.05) is 0 Å². The van der Waals surface area contributed by atoms with Gasteiger partial charge in [-0.25, -0.2) is 13.6 Å². The molecule has 142 valence electrons. The summed E-state index contributed by atoms with van der Waals surface area (Å²) in [6, 6.07) is 1.38. The number of halogens is 2. The largest absolute Gasteiger partial charge is 0.477 e. The van der Waals surface area contributed by atoms with Crippen molar-refractivity contribution in [2.75, 3.05) is 31.1 Å². The number of hydrogen-bond acceptors (Lipinski definition) is 4. The number of hydrogen-bond donors (Lipinski definition) is 1. The topological polar surface area (TPSA) is 82.8 Å². The van der Waals surface area contributed by atoms with Gasteiger partial charge in [0.1, 0.15) is 5.56 Å². The van der Waals surface area contributed by atoms with Crippen LogP contribution >= 0.6 is 0 Å². The summed E-state index contributed by atoms with van der Waals surface area (Å²) < 4.78 is 31.2. The number of aromatic carboxylic acids is 1. The minimum absolute atomic E-state index is 0.0161. The standard InChI is InChI=1S/C18H17F2N3O4/c19-15-13(22-5-3-21(9-24)4-6-22)7-12-14(16(15)20)17(25)11(18(26)27)8-23(12)10-1-2-10/h7-10H,1-6H2,(H,26,27). The van der Waals surface area contributed by atoms with Crippen LogP contribution in [-0.2, 0) is 4.79 Å². The molecule has 1 aliphatic carbocycles. The molecule has 7 nitrogen and oxygen atoms in total. The molecule has 0 spiro atoms. The van der Waals surface area contributed by atoms with E-state index < -0.39 is 34.0 Å². The number of carbonyl (C=O) groups excluding carboxylic acids is 1. The number of aromatic nitrogens is 1. The second-order valence-corrected chi connectivity index (χ2v) is 6.86. The number of carbonyl (C=O) groups is 2. The fourth-order valence-corrected chi connectivity index (χ4v) is 3.53. The third-order valence-corrected chi connectivity index (χ3v) is 5.16. The quantitative estimate of drug-likeness (QED) is 0.819. The molecule has 1 amide bonds. The van der Waals surface area contributed by atoms with Crippen molar-refractivity contribution in [3.63, 3.8) is 0 Å². The average molecular weight is 377 g/mol. The van der Waals surface area contributed by atoms with Crippen LogP contribution in [0.4, 0.5) is 14.5 Å². The van der Waals surface area contributed by atoms with Crippen molar-refractivity contribution in [1.82, 2.24) is 9.47 Å². The van der Waals surface area contributed by atoms with E-state index in [9.17, 15) is 28.3 Å². The molecule has 2 aliphatic rings. The Morgan fingerprint density at radius 1 is 1.15 bits per heavy atom. The predicted octanol–water partition coefficient (Wildman–Crippen LogP) is 1.59. The van der Waals surface area contributed by atoms with Crippen molar-refractivity contribution in [3.05, 3.63) is 39.7 Å². The van der Waals surface area contributed by atoms with Crippen molar-refractivity contribution >= 4 is 29.0 Å². The highest BCUT2D eigenvalue weighted by Crippen LogP contribution is 2.39. The second kappa shape index (κ2) is 6.33. The van der Waals surface area contributed by atoms with E-state index in [1.54, 1.807) is 14.4 Å². The van der Waals surface area contributed by atoms with Crippen LogP contribution in [0.1, 0.15) is 29.2 Å².